The zero-order chi connectivity index (χ0) is 19.7. The van der Waals surface area contributed by atoms with Gasteiger partial charge in [0.15, 0.2) is 5.13 Å². The molecule has 0 amide bonds. The summed E-state index contributed by atoms with van der Waals surface area (Å²) < 4.78 is 11.8. The zero-order valence-corrected chi connectivity index (χ0v) is 17.3. The van der Waals surface area contributed by atoms with E-state index in [1.54, 1.807) is 24.6 Å². The van der Waals surface area contributed by atoms with E-state index < -0.39 is 0 Å². The van der Waals surface area contributed by atoms with Gasteiger partial charge in [-0.1, -0.05) is 31.3 Å². The molecule has 2 atom stereocenters. The van der Waals surface area contributed by atoms with Gasteiger partial charge in [0.1, 0.15) is 17.7 Å². The number of thiazole rings is 1. The van der Waals surface area contributed by atoms with Gasteiger partial charge in [0.05, 0.1) is 16.7 Å². The van der Waals surface area contributed by atoms with Crippen molar-refractivity contribution in [3.05, 3.63) is 48.4 Å². The van der Waals surface area contributed by atoms with Crippen LogP contribution in [0.15, 0.2) is 42.7 Å². The molecule has 1 aliphatic carbocycles. The Labute approximate surface area is 169 Å². The molecule has 0 aliphatic heterocycles. The van der Waals surface area contributed by atoms with Crippen LogP contribution in [-0.2, 0) is 4.74 Å². The van der Waals surface area contributed by atoms with Crippen molar-refractivity contribution < 1.29 is 9.47 Å². The summed E-state index contributed by atoms with van der Waals surface area (Å²) in [4.78, 5) is 14.4. The Bertz CT molecular complexity index is 958. The van der Waals surface area contributed by atoms with E-state index in [4.69, 9.17) is 9.47 Å². The maximum atomic E-state index is 6.24. The fourth-order valence-corrected chi connectivity index (χ4v) is 4.25. The summed E-state index contributed by atoms with van der Waals surface area (Å²) in [6, 6.07) is 9.73. The van der Waals surface area contributed by atoms with Crippen LogP contribution in [0.5, 0.6) is 5.75 Å². The highest BCUT2D eigenvalue weighted by Crippen LogP contribution is 2.45. The zero-order valence-electron chi connectivity index (χ0n) is 16.5. The second kappa shape index (κ2) is 7.48. The summed E-state index contributed by atoms with van der Waals surface area (Å²) in [5.41, 5.74) is 1.79. The van der Waals surface area contributed by atoms with Crippen molar-refractivity contribution >= 4 is 22.3 Å². The molecule has 0 spiro atoms. The molecule has 3 aromatic rings. The van der Waals surface area contributed by atoms with E-state index in [9.17, 15) is 0 Å². The second-order valence-corrected chi connectivity index (χ2v) is 8.62. The number of methoxy groups -OCH3 is 1. The maximum Gasteiger partial charge on any atom is 0.188 e. The lowest BCUT2D eigenvalue weighted by molar-refractivity contribution is -0.151. The van der Waals surface area contributed by atoms with Crippen LogP contribution in [0, 0.1) is 12.3 Å². The predicted molar refractivity (Wildman–Crippen MR) is 111 cm³/mol. The molecule has 7 heteroatoms. The van der Waals surface area contributed by atoms with Crippen molar-refractivity contribution in [2.45, 2.75) is 39.4 Å². The Morgan fingerprint density at radius 3 is 2.75 bits per heavy atom. The first-order chi connectivity index (χ1) is 13.5. The number of nitrogens with zero attached hydrogens (tertiary/aromatic N) is 3. The normalized spacial score (nSPS) is 20.4. The molecule has 6 nitrogen and oxygen atoms in total. The minimum atomic E-state index is -0.00753. The molecule has 0 bridgehead atoms. The number of nitrogens with one attached hydrogen (secondary N) is 1. The Morgan fingerprint density at radius 1 is 1.18 bits per heavy atom. The monoisotopic (exact) mass is 396 g/mol. The predicted octanol–water partition coefficient (Wildman–Crippen LogP) is 4.84. The summed E-state index contributed by atoms with van der Waals surface area (Å²) in [6.07, 6.45) is 4.86. The van der Waals surface area contributed by atoms with Crippen molar-refractivity contribution in [2.24, 2.45) is 5.41 Å². The first kappa shape index (κ1) is 18.8. The SMILES string of the molecule is COC1CC(Oc2cc(C)nc(Nc3ncc(-c4ccccn4)s3)c2)C1(C)C. The molecule has 0 saturated heterocycles. The largest absolute Gasteiger partial charge is 0.489 e. The molecule has 146 valence electrons. The second-order valence-electron chi connectivity index (χ2n) is 7.59. The van der Waals surface area contributed by atoms with E-state index >= 15 is 0 Å². The van der Waals surface area contributed by atoms with Crippen LogP contribution < -0.4 is 10.1 Å². The number of ether oxygens (including phenoxy) is 2. The van der Waals surface area contributed by atoms with E-state index in [2.05, 4.69) is 34.1 Å². The highest BCUT2D eigenvalue weighted by molar-refractivity contribution is 7.18. The first-order valence-corrected chi connectivity index (χ1v) is 10.1. The highest BCUT2D eigenvalue weighted by atomic mass is 32.1. The van der Waals surface area contributed by atoms with Gasteiger partial charge in [-0.05, 0) is 19.1 Å². The molecule has 28 heavy (non-hydrogen) atoms. The van der Waals surface area contributed by atoms with Gasteiger partial charge in [-0.15, -0.1) is 0 Å². The molecule has 2 unspecified atom stereocenters. The number of aryl methyl sites for hydroxylation is 1. The van der Waals surface area contributed by atoms with Gasteiger partial charge in [-0.2, -0.15) is 0 Å². The smallest absolute Gasteiger partial charge is 0.188 e. The number of hydrogen-bond acceptors (Lipinski definition) is 7. The van der Waals surface area contributed by atoms with Gasteiger partial charge < -0.3 is 14.8 Å². The summed E-state index contributed by atoms with van der Waals surface area (Å²) >= 11 is 1.54. The lowest BCUT2D eigenvalue weighted by Crippen LogP contribution is -2.56. The maximum absolute atomic E-state index is 6.24. The Hall–Kier alpha value is -2.51. The van der Waals surface area contributed by atoms with E-state index in [1.165, 1.54) is 0 Å². The minimum absolute atomic E-state index is 0.00753. The molecular weight excluding hydrogens is 372 g/mol. The van der Waals surface area contributed by atoms with Crippen molar-refractivity contribution in [1.29, 1.82) is 0 Å². The summed E-state index contributed by atoms with van der Waals surface area (Å²) in [6.45, 7) is 6.32. The average Bonchev–Trinajstić information content (AvgIpc) is 3.13. The lowest BCUT2D eigenvalue weighted by Gasteiger charge is -2.50. The van der Waals surface area contributed by atoms with Crippen LogP contribution in [0.25, 0.3) is 10.6 Å². The third kappa shape index (κ3) is 3.72. The number of pyridine rings is 2. The fourth-order valence-electron chi connectivity index (χ4n) is 3.45. The fraction of sp³-hybridized carbons (Fsp3) is 0.381. The van der Waals surface area contributed by atoms with Gasteiger partial charge in [0.25, 0.3) is 0 Å². The summed E-state index contributed by atoms with van der Waals surface area (Å²) in [7, 11) is 1.76. The average molecular weight is 397 g/mol. The molecular formula is C21H24N4O2S. The molecule has 0 aromatic carbocycles. The van der Waals surface area contributed by atoms with E-state index in [0.29, 0.717) is 0 Å². The van der Waals surface area contributed by atoms with Crippen molar-refractivity contribution in [3.63, 3.8) is 0 Å². The van der Waals surface area contributed by atoms with E-state index in [1.807, 2.05) is 43.5 Å². The number of rotatable bonds is 6. The van der Waals surface area contributed by atoms with Crippen molar-refractivity contribution in [3.8, 4) is 16.3 Å². The Balaban J connectivity index is 1.48. The lowest BCUT2D eigenvalue weighted by atomic mass is 9.66. The van der Waals surface area contributed by atoms with Gasteiger partial charge in [0.2, 0.25) is 0 Å². The van der Waals surface area contributed by atoms with E-state index in [-0.39, 0.29) is 17.6 Å². The number of aromatic nitrogens is 3. The molecule has 1 aliphatic rings. The third-order valence-corrected chi connectivity index (χ3v) is 6.17. The first-order valence-electron chi connectivity index (χ1n) is 9.28. The summed E-state index contributed by atoms with van der Waals surface area (Å²) in [5, 5.41) is 4.06. The van der Waals surface area contributed by atoms with E-state index in [0.717, 1.165) is 39.4 Å². The molecule has 3 aromatic heterocycles. The van der Waals surface area contributed by atoms with Crippen molar-refractivity contribution in [2.75, 3.05) is 12.4 Å². The number of hydrogen-bond donors (Lipinski definition) is 1. The molecule has 1 fully saturated rings. The van der Waals surface area contributed by atoms with Gasteiger partial charge in [-0.25, -0.2) is 9.97 Å². The van der Waals surface area contributed by atoms with Crippen LogP contribution in [0.3, 0.4) is 0 Å². The minimum Gasteiger partial charge on any atom is -0.489 e. The van der Waals surface area contributed by atoms with Gasteiger partial charge in [-0.3, -0.25) is 4.98 Å². The van der Waals surface area contributed by atoms with Crippen molar-refractivity contribution in [1.82, 2.24) is 15.0 Å². The molecule has 1 saturated carbocycles. The van der Waals surface area contributed by atoms with Crippen LogP contribution in [-0.4, -0.2) is 34.3 Å². The summed E-state index contributed by atoms with van der Waals surface area (Å²) in [5.74, 6) is 1.53. The van der Waals surface area contributed by atoms with Crippen LogP contribution in [0.2, 0.25) is 0 Å². The van der Waals surface area contributed by atoms with Crippen LogP contribution >= 0.6 is 11.3 Å². The highest BCUT2D eigenvalue weighted by Gasteiger charge is 2.50. The molecule has 3 heterocycles. The van der Waals surface area contributed by atoms with Crippen LogP contribution in [0.1, 0.15) is 26.0 Å². The topological polar surface area (TPSA) is 69.2 Å². The van der Waals surface area contributed by atoms with Gasteiger partial charge >= 0.3 is 0 Å². The van der Waals surface area contributed by atoms with Gasteiger partial charge in [0, 0.05) is 49.2 Å². The quantitative estimate of drug-likeness (QED) is 0.643. The third-order valence-electron chi connectivity index (χ3n) is 5.24. The Morgan fingerprint density at radius 2 is 2.04 bits per heavy atom. The number of anilines is 2. The standard InChI is InChI=1S/C21H24N4O2S/c1-13-9-14(27-18-11-17(26-4)21(18,2)3)10-19(24-13)25-20-23-12-16(28-20)15-7-5-6-8-22-15/h5-10,12,17-18H,11H2,1-4H3,(H,23,24,25). The Kier molecular flexibility index (Phi) is 5.03. The molecule has 0 radical (unpaired) electrons. The van der Waals surface area contributed by atoms with Crippen LogP contribution in [0.4, 0.5) is 10.9 Å². The molecule has 4 rings (SSSR count). The molecule has 1 N–H and O–H groups in total.